The first-order chi connectivity index (χ1) is 11.3. The van der Waals surface area contributed by atoms with E-state index in [9.17, 15) is 22.0 Å². The topological polar surface area (TPSA) is 62.3 Å². The SMILES string of the molecule is Cl.NCCn1cc(-c2ccc(OC(F)(F)F)c(OCC(F)F)c2)cn1. The minimum Gasteiger partial charge on any atom is -0.484 e. The fourth-order valence-corrected chi connectivity index (χ4v) is 1.93. The molecule has 0 atom stereocenters. The summed E-state index contributed by atoms with van der Waals surface area (Å²) in [5, 5.41) is 4.03. The predicted octanol–water partition coefficient (Wildman–Crippen LogP) is 3.47. The van der Waals surface area contributed by atoms with Crippen molar-refractivity contribution in [3.63, 3.8) is 0 Å². The molecule has 0 radical (unpaired) electrons. The number of rotatable bonds is 7. The molecule has 1 aromatic carbocycles. The Morgan fingerprint density at radius 2 is 1.88 bits per heavy atom. The number of nitrogens with zero attached hydrogens (tertiary/aromatic N) is 2. The van der Waals surface area contributed by atoms with E-state index in [0.717, 1.165) is 6.07 Å². The molecule has 0 amide bonds. The second-order valence-electron chi connectivity index (χ2n) is 4.69. The van der Waals surface area contributed by atoms with Crippen molar-refractivity contribution in [2.75, 3.05) is 13.2 Å². The molecule has 0 fully saturated rings. The van der Waals surface area contributed by atoms with Gasteiger partial charge < -0.3 is 15.2 Å². The van der Waals surface area contributed by atoms with Gasteiger partial charge in [0.2, 0.25) is 0 Å². The second-order valence-corrected chi connectivity index (χ2v) is 4.69. The predicted molar refractivity (Wildman–Crippen MR) is 82.1 cm³/mol. The first-order valence-electron chi connectivity index (χ1n) is 6.82. The molecule has 0 aliphatic heterocycles. The Hall–Kier alpha value is -2.07. The molecule has 2 aromatic rings. The molecule has 0 bridgehead atoms. The van der Waals surface area contributed by atoms with Crippen LogP contribution in [0.1, 0.15) is 0 Å². The number of nitrogens with two attached hydrogens (primary N) is 1. The van der Waals surface area contributed by atoms with Gasteiger partial charge in [-0.15, -0.1) is 25.6 Å². The molecule has 0 aliphatic rings. The van der Waals surface area contributed by atoms with Crippen molar-refractivity contribution in [2.45, 2.75) is 19.3 Å². The highest BCUT2D eigenvalue weighted by Gasteiger charge is 2.32. The Bertz CT molecular complexity index is 679. The monoisotopic (exact) mass is 387 g/mol. The van der Waals surface area contributed by atoms with E-state index in [-0.39, 0.29) is 12.4 Å². The minimum atomic E-state index is -4.96. The number of hydrogen-bond donors (Lipinski definition) is 1. The molecule has 5 nitrogen and oxygen atoms in total. The zero-order valence-corrected chi connectivity index (χ0v) is 13.5. The van der Waals surface area contributed by atoms with Gasteiger partial charge in [-0.25, -0.2) is 8.78 Å². The third-order valence-electron chi connectivity index (χ3n) is 2.86. The normalized spacial score (nSPS) is 11.3. The Balaban J connectivity index is 0.00000312. The van der Waals surface area contributed by atoms with Gasteiger partial charge in [0.05, 0.1) is 12.7 Å². The molecular formula is C14H15ClF5N3O2. The molecule has 0 spiro atoms. The number of ether oxygens (including phenoxy) is 2. The van der Waals surface area contributed by atoms with Crippen molar-refractivity contribution in [3.05, 3.63) is 30.6 Å². The van der Waals surface area contributed by atoms with Crippen molar-refractivity contribution in [2.24, 2.45) is 5.73 Å². The summed E-state index contributed by atoms with van der Waals surface area (Å²) in [5.74, 6) is -1.13. The quantitative estimate of drug-likeness (QED) is 0.739. The highest BCUT2D eigenvalue weighted by molar-refractivity contribution is 5.85. The molecule has 140 valence electrons. The van der Waals surface area contributed by atoms with E-state index in [1.165, 1.54) is 18.3 Å². The van der Waals surface area contributed by atoms with E-state index >= 15 is 0 Å². The van der Waals surface area contributed by atoms with Crippen molar-refractivity contribution >= 4 is 12.4 Å². The van der Waals surface area contributed by atoms with Gasteiger partial charge in [0.25, 0.3) is 6.43 Å². The van der Waals surface area contributed by atoms with Crippen LogP contribution in [0.2, 0.25) is 0 Å². The van der Waals surface area contributed by atoms with Crippen LogP contribution in [-0.4, -0.2) is 35.7 Å². The summed E-state index contributed by atoms with van der Waals surface area (Å²) >= 11 is 0. The van der Waals surface area contributed by atoms with E-state index in [1.807, 2.05) is 0 Å². The van der Waals surface area contributed by atoms with Crippen LogP contribution in [0, 0.1) is 0 Å². The zero-order chi connectivity index (χ0) is 17.7. The number of benzene rings is 1. The number of hydrogen-bond acceptors (Lipinski definition) is 4. The van der Waals surface area contributed by atoms with Gasteiger partial charge in [-0.2, -0.15) is 5.10 Å². The molecule has 1 heterocycles. The Labute approximate surface area is 145 Å². The van der Waals surface area contributed by atoms with Crippen LogP contribution in [0.4, 0.5) is 22.0 Å². The highest BCUT2D eigenvalue weighted by Crippen LogP contribution is 2.36. The summed E-state index contributed by atoms with van der Waals surface area (Å²) in [7, 11) is 0. The summed E-state index contributed by atoms with van der Waals surface area (Å²) < 4.78 is 71.8. The standard InChI is InChI=1S/C14H14F5N3O2.ClH/c15-13(16)8-23-12-5-9(1-2-11(12)24-14(17,18)19)10-6-21-22(7-10)4-3-20;/h1-2,5-7,13H,3-4,8,20H2;1H. The van der Waals surface area contributed by atoms with Crippen molar-refractivity contribution < 1.29 is 31.4 Å². The average molecular weight is 388 g/mol. The average Bonchev–Trinajstić information content (AvgIpc) is 2.93. The fraction of sp³-hybridized carbons (Fsp3) is 0.357. The van der Waals surface area contributed by atoms with Crippen LogP contribution in [0.25, 0.3) is 11.1 Å². The van der Waals surface area contributed by atoms with Gasteiger partial charge in [-0.1, -0.05) is 6.07 Å². The van der Waals surface area contributed by atoms with Crippen LogP contribution in [0.3, 0.4) is 0 Å². The number of aromatic nitrogens is 2. The fourth-order valence-electron chi connectivity index (χ4n) is 1.93. The van der Waals surface area contributed by atoms with E-state index in [0.29, 0.717) is 24.2 Å². The molecule has 0 saturated carbocycles. The van der Waals surface area contributed by atoms with Crippen molar-refractivity contribution in [1.82, 2.24) is 9.78 Å². The summed E-state index contributed by atoms with van der Waals surface area (Å²) in [6.45, 7) is -0.226. The largest absolute Gasteiger partial charge is 0.573 e. The number of alkyl halides is 5. The third-order valence-corrected chi connectivity index (χ3v) is 2.86. The van der Waals surface area contributed by atoms with Crippen LogP contribution >= 0.6 is 12.4 Å². The van der Waals surface area contributed by atoms with Crippen LogP contribution in [0.5, 0.6) is 11.5 Å². The van der Waals surface area contributed by atoms with E-state index < -0.39 is 30.9 Å². The maximum Gasteiger partial charge on any atom is 0.573 e. The molecule has 0 unspecified atom stereocenters. The molecule has 1 aromatic heterocycles. The van der Waals surface area contributed by atoms with Crippen LogP contribution < -0.4 is 15.2 Å². The maximum absolute atomic E-state index is 12.4. The molecule has 11 heteroatoms. The maximum atomic E-state index is 12.4. The van der Waals surface area contributed by atoms with Crippen molar-refractivity contribution in [1.29, 1.82) is 0 Å². The van der Waals surface area contributed by atoms with Gasteiger partial charge in [0.1, 0.15) is 6.61 Å². The first kappa shape index (κ1) is 21.0. The van der Waals surface area contributed by atoms with E-state index in [1.54, 1.807) is 10.9 Å². The lowest BCUT2D eigenvalue weighted by atomic mass is 10.1. The van der Waals surface area contributed by atoms with Crippen LogP contribution in [0.15, 0.2) is 30.6 Å². The first-order valence-corrected chi connectivity index (χ1v) is 6.82. The van der Waals surface area contributed by atoms with Crippen molar-refractivity contribution in [3.8, 4) is 22.6 Å². The van der Waals surface area contributed by atoms with Crippen LogP contribution in [-0.2, 0) is 6.54 Å². The zero-order valence-electron chi connectivity index (χ0n) is 12.7. The Morgan fingerprint density at radius 1 is 1.16 bits per heavy atom. The van der Waals surface area contributed by atoms with Gasteiger partial charge in [-0.3, -0.25) is 4.68 Å². The van der Waals surface area contributed by atoms with Gasteiger partial charge in [-0.05, 0) is 17.7 Å². The molecular weight excluding hydrogens is 373 g/mol. The Morgan fingerprint density at radius 3 is 2.48 bits per heavy atom. The third kappa shape index (κ3) is 6.39. The van der Waals surface area contributed by atoms with Gasteiger partial charge >= 0.3 is 6.36 Å². The summed E-state index contributed by atoms with van der Waals surface area (Å²) in [4.78, 5) is 0. The smallest absolute Gasteiger partial charge is 0.484 e. The van der Waals surface area contributed by atoms with Gasteiger partial charge in [0.15, 0.2) is 11.5 Å². The molecule has 0 aliphatic carbocycles. The molecule has 2 N–H and O–H groups in total. The second kappa shape index (κ2) is 8.86. The summed E-state index contributed by atoms with van der Waals surface area (Å²) in [6, 6.07) is 3.54. The Kier molecular flexibility index (Phi) is 7.43. The molecule has 25 heavy (non-hydrogen) atoms. The van der Waals surface area contributed by atoms with E-state index in [2.05, 4.69) is 9.84 Å². The summed E-state index contributed by atoms with van der Waals surface area (Å²) in [5.41, 5.74) is 6.42. The number of halogens is 6. The summed E-state index contributed by atoms with van der Waals surface area (Å²) in [6.07, 6.45) is -4.69. The minimum absolute atomic E-state index is 0. The van der Waals surface area contributed by atoms with E-state index in [4.69, 9.17) is 10.5 Å². The highest BCUT2D eigenvalue weighted by atomic mass is 35.5. The lowest BCUT2D eigenvalue weighted by Gasteiger charge is -2.15. The van der Waals surface area contributed by atoms with Gasteiger partial charge in [0, 0.05) is 18.3 Å². The molecule has 2 rings (SSSR count). The molecule has 0 saturated heterocycles. The lowest BCUT2D eigenvalue weighted by molar-refractivity contribution is -0.275. The lowest BCUT2D eigenvalue weighted by Crippen LogP contribution is -2.18.